The zero-order valence-corrected chi connectivity index (χ0v) is 22.0. The van der Waals surface area contributed by atoms with Gasteiger partial charge in [-0.1, -0.05) is 33.1 Å². The molecule has 1 atom stereocenters. The molecule has 0 bridgehead atoms. The van der Waals surface area contributed by atoms with E-state index in [0.717, 1.165) is 40.9 Å². The molecule has 1 saturated carbocycles. The van der Waals surface area contributed by atoms with Crippen molar-refractivity contribution in [2.75, 3.05) is 6.61 Å². The van der Waals surface area contributed by atoms with Crippen LogP contribution in [-0.2, 0) is 12.1 Å². The third-order valence-corrected chi connectivity index (χ3v) is 6.98. The maximum atomic E-state index is 13.2. The molecule has 0 unspecified atom stereocenters. The molecule has 8 nitrogen and oxygen atoms in total. The van der Waals surface area contributed by atoms with Gasteiger partial charge in [-0.3, -0.25) is 9.69 Å². The van der Waals surface area contributed by atoms with Gasteiger partial charge in [0.15, 0.2) is 5.82 Å². The number of aromatic amines is 1. The first-order valence-corrected chi connectivity index (χ1v) is 13.0. The fraction of sp³-hybridized carbons (Fsp3) is 0.630. The van der Waals surface area contributed by atoms with E-state index < -0.39 is 0 Å². The molecule has 190 valence electrons. The minimum Gasteiger partial charge on any atom is -0.494 e. The van der Waals surface area contributed by atoms with Gasteiger partial charge in [0.1, 0.15) is 5.75 Å². The summed E-state index contributed by atoms with van der Waals surface area (Å²) in [7, 11) is 0. The second-order valence-corrected chi connectivity index (χ2v) is 11.1. The third-order valence-electron chi connectivity index (χ3n) is 6.98. The van der Waals surface area contributed by atoms with Crippen LogP contribution in [-0.4, -0.2) is 42.7 Å². The highest BCUT2D eigenvalue weighted by Gasteiger charge is 2.36. The number of nitrogens with zero attached hydrogens (tertiary/aromatic N) is 5. The zero-order chi connectivity index (χ0) is 25.2. The summed E-state index contributed by atoms with van der Waals surface area (Å²) >= 11 is 0. The Morgan fingerprint density at radius 3 is 2.57 bits per heavy atom. The average molecular weight is 481 g/mol. The molecule has 0 radical (unpaired) electrons. The summed E-state index contributed by atoms with van der Waals surface area (Å²) in [5.41, 5.74) is 1.31. The molecule has 2 aromatic heterocycles. The molecule has 35 heavy (non-hydrogen) atoms. The summed E-state index contributed by atoms with van der Waals surface area (Å²) in [6, 6.07) is 8.22. The van der Waals surface area contributed by atoms with Crippen LogP contribution in [0.2, 0.25) is 0 Å². The van der Waals surface area contributed by atoms with Crippen molar-refractivity contribution in [2.45, 2.75) is 97.8 Å². The van der Waals surface area contributed by atoms with E-state index in [9.17, 15) is 4.79 Å². The minimum absolute atomic E-state index is 0.00261. The Kier molecular flexibility index (Phi) is 7.59. The fourth-order valence-electron chi connectivity index (χ4n) is 5.35. The van der Waals surface area contributed by atoms with Crippen molar-refractivity contribution in [2.24, 2.45) is 5.92 Å². The van der Waals surface area contributed by atoms with Crippen molar-refractivity contribution in [3.8, 4) is 5.75 Å². The number of fused-ring (bicyclic) bond motifs is 1. The first-order valence-electron chi connectivity index (χ1n) is 13.0. The maximum Gasteiger partial charge on any atom is 0.252 e. The maximum absolute atomic E-state index is 13.2. The molecule has 2 heterocycles. The molecule has 0 amide bonds. The Hall–Kier alpha value is -2.74. The Bertz CT molecular complexity index is 1190. The second kappa shape index (κ2) is 10.5. The highest BCUT2D eigenvalue weighted by atomic mass is 16.5. The summed E-state index contributed by atoms with van der Waals surface area (Å²) in [6.07, 6.45) is 5.94. The van der Waals surface area contributed by atoms with Gasteiger partial charge in [-0.05, 0) is 81.1 Å². The highest BCUT2D eigenvalue weighted by Crippen LogP contribution is 2.36. The van der Waals surface area contributed by atoms with Gasteiger partial charge in [0.25, 0.3) is 5.56 Å². The number of hydrogen-bond donors (Lipinski definition) is 1. The van der Waals surface area contributed by atoms with Crippen LogP contribution in [0, 0.1) is 5.92 Å². The monoisotopic (exact) mass is 480 g/mol. The SMILES string of the molecule is CCOc1ccc2[nH]c(=O)c(CN(C3CCCCC3)[C@H](c3nnnn3C(C)(C)C)C(C)C)cc2c1. The van der Waals surface area contributed by atoms with E-state index in [1.807, 2.05) is 35.9 Å². The molecule has 1 aromatic carbocycles. The molecule has 0 saturated heterocycles. The predicted molar refractivity (Wildman–Crippen MR) is 139 cm³/mol. The Morgan fingerprint density at radius 1 is 1.17 bits per heavy atom. The highest BCUT2D eigenvalue weighted by molar-refractivity contribution is 5.80. The largest absolute Gasteiger partial charge is 0.494 e. The van der Waals surface area contributed by atoms with Crippen LogP contribution < -0.4 is 10.3 Å². The Balaban J connectivity index is 1.78. The lowest BCUT2D eigenvalue weighted by Gasteiger charge is -2.41. The van der Waals surface area contributed by atoms with Gasteiger partial charge >= 0.3 is 0 Å². The molecular weight excluding hydrogens is 440 g/mol. The molecule has 0 aliphatic heterocycles. The number of H-pyrrole nitrogens is 1. The normalized spacial score (nSPS) is 16.3. The number of aromatic nitrogens is 5. The predicted octanol–water partition coefficient (Wildman–Crippen LogP) is 5.20. The van der Waals surface area contributed by atoms with Gasteiger partial charge in [0.05, 0.1) is 18.2 Å². The number of hydrogen-bond acceptors (Lipinski definition) is 6. The number of ether oxygens (including phenoxy) is 1. The molecule has 8 heteroatoms. The lowest BCUT2D eigenvalue weighted by Crippen LogP contribution is -2.44. The number of benzene rings is 1. The quantitative estimate of drug-likeness (QED) is 0.477. The second-order valence-electron chi connectivity index (χ2n) is 11.1. The standard InChI is InChI=1S/C27H40N6O2/c1-7-35-22-13-14-23-19(16-22)15-20(26(34)28-23)17-32(21-11-9-8-10-12-21)24(18(2)3)25-29-30-31-33(25)27(4,5)6/h13-16,18,21,24H,7-12,17H2,1-6H3,(H,28,34)/t24-/m0/s1. The van der Waals surface area contributed by atoms with E-state index in [0.29, 0.717) is 19.2 Å². The van der Waals surface area contributed by atoms with Gasteiger partial charge in [0, 0.05) is 29.1 Å². The summed E-state index contributed by atoms with van der Waals surface area (Å²) in [4.78, 5) is 18.8. The summed E-state index contributed by atoms with van der Waals surface area (Å²) in [5.74, 6) is 1.95. The van der Waals surface area contributed by atoms with Crippen molar-refractivity contribution in [1.82, 2.24) is 30.1 Å². The van der Waals surface area contributed by atoms with E-state index in [4.69, 9.17) is 4.74 Å². The van der Waals surface area contributed by atoms with E-state index in [2.05, 4.69) is 60.0 Å². The molecule has 1 aliphatic carbocycles. The van der Waals surface area contributed by atoms with Crippen LogP contribution in [0.15, 0.2) is 29.1 Å². The van der Waals surface area contributed by atoms with Crippen molar-refractivity contribution in [1.29, 1.82) is 0 Å². The molecule has 1 fully saturated rings. The molecule has 1 aliphatic rings. The molecule has 3 aromatic rings. The van der Waals surface area contributed by atoms with E-state index in [1.165, 1.54) is 19.3 Å². The third kappa shape index (κ3) is 5.58. The summed E-state index contributed by atoms with van der Waals surface area (Å²) in [6.45, 7) is 14.0. The van der Waals surface area contributed by atoms with E-state index in [-0.39, 0.29) is 23.1 Å². The van der Waals surface area contributed by atoms with Crippen molar-refractivity contribution < 1.29 is 4.74 Å². The lowest BCUT2D eigenvalue weighted by molar-refractivity contribution is 0.0580. The van der Waals surface area contributed by atoms with Crippen LogP contribution in [0.5, 0.6) is 5.75 Å². The number of pyridine rings is 1. The van der Waals surface area contributed by atoms with Gasteiger partial charge in [-0.25, -0.2) is 4.68 Å². The van der Waals surface area contributed by atoms with Crippen LogP contribution in [0.4, 0.5) is 0 Å². The van der Waals surface area contributed by atoms with Crippen molar-refractivity contribution >= 4 is 10.9 Å². The van der Waals surface area contributed by atoms with Gasteiger partial charge in [-0.15, -0.1) is 5.10 Å². The first-order chi connectivity index (χ1) is 16.7. The lowest BCUT2D eigenvalue weighted by atomic mass is 9.90. The zero-order valence-electron chi connectivity index (χ0n) is 22.0. The summed E-state index contributed by atoms with van der Waals surface area (Å²) in [5, 5.41) is 13.9. The van der Waals surface area contributed by atoms with Gasteiger partial charge < -0.3 is 9.72 Å². The first kappa shape index (κ1) is 25.4. The average Bonchev–Trinajstić information content (AvgIpc) is 3.30. The smallest absolute Gasteiger partial charge is 0.252 e. The van der Waals surface area contributed by atoms with E-state index >= 15 is 0 Å². The van der Waals surface area contributed by atoms with Gasteiger partial charge in [0.2, 0.25) is 0 Å². The Labute approximate surface area is 208 Å². The molecular formula is C27H40N6O2. The number of rotatable bonds is 8. The van der Waals surface area contributed by atoms with Crippen molar-refractivity contribution in [3.05, 3.63) is 46.0 Å². The topological polar surface area (TPSA) is 88.9 Å². The van der Waals surface area contributed by atoms with E-state index in [1.54, 1.807) is 0 Å². The Morgan fingerprint density at radius 2 is 1.91 bits per heavy atom. The van der Waals surface area contributed by atoms with Crippen LogP contribution in [0.3, 0.4) is 0 Å². The number of tetrazole rings is 1. The van der Waals surface area contributed by atoms with Crippen LogP contribution in [0.25, 0.3) is 10.9 Å². The van der Waals surface area contributed by atoms with Crippen LogP contribution >= 0.6 is 0 Å². The molecule has 4 rings (SSSR count). The van der Waals surface area contributed by atoms with Gasteiger partial charge in [-0.2, -0.15) is 0 Å². The minimum atomic E-state index is -0.236. The number of nitrogens with one attached hydrogen (secondary N) is 1. The van der Waals surface area contributed by atoms with Crippen molar-refractivity contribution in [3.63, 3.8) is 0 Å². The summed E-state index contributed by atoms with van der Waals surface area (Å²) < 4.78 is 7.65. The molecule has 0 spiro atoms. The fourth-order valence-corrected chi connectivity index (χ4v) is 5.35. The van der Waals surface area contributed by atoms with Crippen LogP contribution in [0.1, 0.15) is 91.1 Å². The molecule has 1 N–H and O–H groups in total.